The minimum atomic E-state index is -0.311. The fourth-order valence-electron chi connectivity index (χ4n) is 14.7. The van der Waals surface area contributed by atoms with Crippen molar-refractivity contribution in [3.8, 4) is 66.8 Å². The second kappa shape index (κ2) is 24.3. The van der Waals surface area contributed by atoms with Gasteiger partial charge in [-0.05, 0) is 128 Å². The molecule has 480 valence electrons. The van der Waals surface area contributed by atoms with Gasteiger partial charge in [0.15, 0.2) is 0 Å². The van der Waals surface area contributed by atoms with Gasteiger partial charge in [-0.3, -0.25) is 0 Å². The molecule has 6 heterocycles. The molecule has 9 nitrogen and oxygen atoms in total. The summed E-state index contributed by atoms with van der Waals surface area (Å²) in [5.41, 5.74) is 19.0. The van der Waals surface area contributed by atoms with E-state index in [0.717, 1.165) is 165 Å². The van der Waals surface area contributed by atoms with Gasteiger partial charge in [0.2, 0.25) is 0 Å². The van der Waals surface area contributed by atoms with Gasteiger partial charge in [-0.15, -0.1) is 0 Å². The van der Waals surface area contributed by atoms with Crippen molar-refractivity contribution in [2.24, 2.45) is 0 Å². The van der Waals surface area contributed by atoms with E-state index in [9.17, 15) is 14.4 Å². The quantitative estimate of drug-likeness (QED) is 0.118. The molecule has 0 saturated carbocycles. The second-order valence-corrected chi connectivity index (χ2v) is 25.5. The third-order valence-electron chi connectivity index (χ3n) is 19.7. The van der Waals surface area contributed by atoms with E-state index in [1.165, 1.54) is 0 Å². The Morgan fingerprint density at radius 3 is 0.912 bits per heavy atom. The van der Waals surface area contributed by atoms with Crippen LogP contribution in [0, 0.1) is 0 Å². The Balaban J connectivity index is 0.000000106. The van der Waals surface area contributed by atoms with Crippen LogP contribution in [0.4, 0.5) is 0 Å². The van der Waals surface area contributed by atoms with E-state index in [1.54, 1.807) is 12.1 Å². The van der Waals surface area contributed by atoms with Gasteiger partial charge in [-0.25, -0.2) is 14.4 Å². The molecule has 0 N–H and O–H groups in total. The van der Waals surface area contributed by atoms with E-state index in [4.69, 9.17) is 26.5 Å². The summed E-state index contributed by atoms with van der Waals surface area (Å²) in [4.78, 5) is 37.2. The van der Waals surface area contributed by atoms with Crippen molar-refractivity contribution in [3.63, 3.8) is 0 Å². The summed E-state index contributed by atoms with van der Waals surface area (Å²) in [6.45, 7) is 0. The first-order chi connectivity index (χ1) is 50.3. The fraction of sp³-hybridized carbons (Fsp3) is 0. The maximum absolute atomic E-state index is 12.4. The molecule has 6 aromatic heterocycles. The van der Waals surface area contributed by atoms with E-state index < -0.39 is 0 Å². The highest BCUT2D eigenvalue weighted by molar-refractivity contribution is 6.15. The Labute approximate surface area is 579 Å². The molecular weight excluding hydrogens is 1260 g/mol. The van der Waals surface area contributed by atoms with Gasteiger partial charge in [0.05, 0.1) is 16.2 Å². The van der Waals surface area contributed by atoms with E-state index in [2.05, 4.69) is 164 Å². The van der Waals surface area contributed by atoms with Crippen molar-refractivity contribution in [1.29, 1.82) is 0 Å². The van der Waals surface area contributed by atoms with E-state index in [1.807, 2.05) is 152 Å². The summed E-state index contributed by atoms with van der Waals surface area (Å²) < 4.78 is 35.5. The van der Waals surface area contributed by atoms with Crippen LogP contribution >= 0.6 is 0 Å². The highest BCUT2D eigenvalue weighted by atomic mass is 16.4. The van der Waals surface area contributed by atoms with Crippen LogP contribution in [0.15, 0.2) is 368 Å². The van der Waals surface area contributed by atoms with Crippen molar-refractivity contribution >= 4 is 131 Å². The van der Waals surface area contributed by atoms with Gasteiger partial charge in [0.25, 0.3) is 0 Å². The van der Waals surface area contributed by atoms with Crippen molar-refractivity contribution in [2.75, 3.05) is 0 Å². The standard InChI is InChI=1S/3C31H18O3/c32-31-26-9-2-1-8-24(26)29-21(10-6-14-28(29)34-31)19-15-17-20(18-16-19)22-11-5-12-25-23-7-3-4-13-27(23)33-30(22)25;32-31-27-8-2-1-6-23(27)25-17-16-21(18-29(25)34-31)19-12-14-20(15-13-19)22-9-5-10-26-24-7-3-4-11-28(24)33-30(22)26;32-31-26-8-2-1-6-23(26)27-18-21(16-17-29(27)34-31)19-12-14-20(15-13-19)22-9-5-10-25-24-7-3-4-11-28(24)33-30(22)25/h3*1-18H. The highest BCUT2D eigenvalue weighted by Gasteiger charge is 2.19. The summed E-state index contributed by atoms with van der Waals surface area (Å²) in [6.07, 6.45) is 0. The van der Waals surface area contributed by atoms with Crippen molar-refractivity contribution in [3.05, 3.63) is 359 Å². The SMILES string of the molecule is O=c1oc2cc(-c3ccc(-c4cccc5c4oc4ccccc45)cc3)ccc2c2ccccc12.O=c1oc2ccc(-c3ccc(-c4cccc5c4oc4ccccc45)cc3)cc2c2ccccc12.O=c1oc2cccc(-c3ccc(-c4cccc5c4oc4ccccc45)cc3)c2c2ccccc12. The van der Waals surface area contributed by atoms with Crippen LogP contribution < -0.4 is 16.9 Å². The van der Waals surface area contributed by atoms with E-state index in [0.29, 0.717) is 32.9 Å². The van der Waals surface area contributed by atoms with Gasteiger partial charge in [-0.1, -0.05) is 261 Å². The number of para-hydroxylation sites is 6. The molecule has 0 aliphatic heterocycles. The minimum absolute atomic E-state index is 0.306. The predicted molar refractivity (Wildman–Crippen MR) is 414 cm³/mol. The number of benzene rings is 15. The van der Waals surface area contributed by atoms with E-state index >= 15 is 0 Å². The third kappa shape index (κ3) is 10.1. The van der Waals surface area contributed by atoms with Crippen LogP contribution in [0.2, 0.25) is 0 Å². The first kappa shape index (κ1) is 59.4. The van der Waals surface area contributed by atoms with Crippen LogP contribution in [0.1, 0.15) is 0 Å². The molecule has 0 unspecified atom stereocenters. The second-order valence-electron chi connectivity index (χ2n) is 25.5. The fourth-order valence-corrected chi connectivity index (χ4v) is 14.7. The molecule has 0 saturated heterocycles. The average Bonchev–Trinajstić information content (AvgIpc) is 1.48. The number of hydrogen-bond acceptors (Lipinski definition) is 9. The normalized spacial score (nSPS) is 11.6. The molecule has 0 atom stereocenters. The van der Waals surface area contributed by atoms with Crippen molar-refractivity contribution < 1.29 is 26.5 Å². The zero-order chi connectivity index (χ0) is 67.9. The molecule has 0 radical (unpaired) electrons. The Hall–Kier alpha value is -13.9. The summed E-state index contributed by atoms with van der Waals surface area (Å²) in [5, 5.41) is 14.1. The Morgan fingerprint density at radius 2 is 0.441 bits per heavy atom. The lowest BCUT2D eigenvalue weighted by Gasteiger charge is -2.10. The van der Waals surface area contributed by atoms with Crippen LogP contribution in [0.5, 0.6) is 0 Å². The third-order valence-corrected chi connectivity index (χ3v) is 19.7. The van der Waals surface area contributed by atoms with Crippen LogP contribution in [0.25, 0.3) is 198 Å². The smallest absolute Gasteiger partial charge is 0.344 e. The van der Waals surface area contributed by atoms with Crippen LogP contribution in [0.3, 0.4) is 0 Å². The monoisotopic (exact) mass is 1310 g/mol. The lowest BCUT2D eigenvalue weighted by atomic mass is 9.95. The molecule has 0 fully saturated rings. The van der Waals surface area contributed by atoms with Gasteiger partial charge in [0, 0.05) is 70.6 Å². The molecule has 0 bridgehead atoms. The average molecular weight is 1320 g/mol. The Morgan fingerprint density at radius 1 is 0.157 bits per heavy atom. The largest absolute Gasteiger partial charge is 0.455 e. The Bertz CT molecular complexity index is 7110. The maximum Gasteiger partial charge on any atom is 0.344 e. The summed E-state index contributed by atoms with van der Waals surface area (Å²) in [5.74, 6) is 0. The number of rotatable bonds is 6. The number of fused-ring (bicyclic) bond motifs is 18. The lowest BCUT2D eigenvalue weighted by molar-refractivity contribution is 0.569. The zero-order valence-electron chi connectivity index (χ0n) is 54.4. The van der Waals surface area contributed by atoms with Crippen molar-refractivity contribution in [1.82, 2.24) is 0 Å². The lowest BCUT2D eigenvalue weighted by Crippen LogP contribution is -2.00. The summed E-state index contributed by atoms with van der Waals surface area (Å²) in [7, 11) is 0. The van der Waals surface area contributed by atoms with Gasteiger partial charge >= 0.3 is 16.9 Å². The molecular formula is C93H54O9. The minimum Gasteiger partial charge on any atom is -0.455 e. The molecule has 21 rings (SSSR count). The van der Waals surface area contributed by atoms with Gasteiger partial charge in [-0.2, -0.15) is 0 Å². The Kier molecular flexibility index (Phi) is 14.1. The zero-order valence-corrected chi connectivity index (χ0v) is 54.4. The first-order valence-corrected chi connectivity index (χ1v) is 33.7. The number of hydrogen-bond donors (Lipinski definition) is 0. The topological polar surface area (TPSA) is 130 Å². The van der Waals surface area contributed by atoms with E-state index in [-0.39, 0.29) is 16.9 Å². The van der Waals surface area contributed by atoms with Crippen LogP contribution in [-0.4, -0.2) is 0 Å². The van der Waals surface area contributed by atoms with Gasteiger partial charge in [0.1, 0.15) is 50.2 Å². The molecule has 0 amide bonds. The molecule has 102 heavy (non-hydrogen) atoms. The first-order valence-electron chi connectivity index (χ1n) is 33.7. The van der Waals surface area contributed by atoms with Crippen LogP contribution in [-0.2, 0) is 0 Å². The summed E-state index contributed by atoms with van der Waals surface area (Å²) in [6, 6.07) is 109. The predicted octanol–water partition coefficient (Wildman–Crippen LogP) is 24.5. The molecule has 0 spiro atoms. The molecule has 21 aromatic rings. The molecule has 9 heteroatoms. The molecule has 15 aromatic carbocycles. The molecule has 0 aliphatic rings. The number of furan rings is 3. The highest BCUT2D eigenvalue weighted by Crippen LogP contribution is 2.42. The maximum atomic E-state index is 12.4. The molecule has 0 aliphatic carbocycles. The van der Waals surface area contributed by atoms with Gasteiger partial charge < -0.3 is 26.5 Å². The van der Waals surface area contributed by atoms with Crippen molar-refractivity contribution in [2.45, 2.75) is 0 Å². The summed E-state index contributed by atoms with van der Waals surface area (Å²) >= 11 is 0.